The Balaban J connectivity index is 1.88. The van der Waals surface area contributed by atoms with E-state index in [0.29, 0.717) is 16.8 Å². The van der Waals surface area contributed by atoms with Gasteiger partial charge < -0.3 is 19.6 Å². The van der Waals surface area contributed by atoms with E-state index in [2.05, 4.69) is 15.2 Å². The predicted molar refractivity (Wildman–Crippen MR) is 93.0 cm³/mol. The molecule has 27 heavy (non-hydrogen) atoms. The van der Waals surface area contributed by atoms with Crippen LogP contribution in [-0.4, -0.2) is 32.4 Å². The second-order valence-electron chi connectivity index (χ2n) is 5.04. The number of ether oxygens (including phenoxy) is 2. The van der Waals surface area contributed by atoms with Gasteiger partial charge in [-0.05, 0) is 36.4 Å². The molecule has 2 aromatic rings. The molecule has 7 nitrogen and oxygen atoms in total. The van der Waals surface area contributed by atoms with Crippen molar-refractivity contribution in [2.24, 2.45) is 5.16 Å². The maximum Gasteiger partial charge on any atom is 0.387 e. The average Bonchev–Trinajstić information content (AvgIpc) is 2.66. The Kier molecular flexibility index (Phi) is 7.07. The Morgan fingerprint density at radius 3 is 2.81 bits per heavy atom. The molecule has 0 saturated carbocycles. The van der Waals surface area contributed by atoms with E-state index < -0.39 is 12.5 Å². The average molecular weight is 375 g/mol. The zero-order chi connectivity index (χ0) is 19.6. The van der Waals surface area contributed by atoms with Gasteiger partial charge in [-0.3, -0.25) is 4.79 Å². The van der Waals surface area contributed by atoms with Gasteiger partial charge in [0.25, 0.3) is 5.91 Å². The number of rotatable bonds is 8. The molecule has 0 spiro atoms. The van der Waals surface area contributed by atoms with Crippen LogP contribution in [0.15, 0.2) is 47.6 Å². The van der Waals surface area contributed by atoms with Gasteiger partial charge in [0.1, 0.15) is 0 Å². The fraction of sp³-hybridized carbons (Fsp3) is 0.167. The zero-order valence-corrected chi connectivity index (χ0v) is 14.2. The van der Waals surface area contributed by atoms with Gasteiger partial charge in [0.2, 0.25) is 0 Å². The zero-order valence-electron chi connectivity index (χ0n) is 14.2. The first kappa shape index (κ1) is 19.7. The van der Waals surface area contributed by atoms with Crippen LogP contribution in [-0.2, 0) is 9.63 Å². The van der Waals surface area contributed by atoms with Crippen LogP contribution in [0.3, 0.4) is 0 Å². The highest BCUT2D eigenvalue weighted by atomic mass is 19.3. The van der Waals surface area contributed by atoms with Gasteiger partial charge in [0, 0.05) is 11.3 Å². The van der Waals surface area contributed by atoms with E-state index in [9.17, 15) is 13.6 Å². The molecule has 1 amide bonds. The summed E-state index contributed by atoms with van der Waals surface area (Å²) < 4.78 is 33.8. The molecule has 0 radical (unpaired) electrons. The largest absolute Gasteiger partial charge is 0.493 e. The van der Waals surface area contributed by atoms with Crippen molar-refractivity contribution in [1.29, 1.82) is 5.26 Å². The molecule has 140 valence electrons. The Labute approximate surface area is 153 Å². The minimum atomic E-state index is -2.96. The van der Waals surface area contributed by atoms with Crippen LogP contribution < -0.4 is 14.8 Å². The van der Waals surface area contributed by atoms with Gasteiger partial charge in [-0.25, -0.2) is 0 Å². The second kappa shape index (κ2) is 9.72. The summed E-state index contributed by atoms with van der Waals surface area (Å²) >= 11 is 0. The first-order valence-electron chi connectivity index (χ1n) is 7.60. The van der Waals surface area contributed by atoms with Crippen molar-refractivity contribution in [3.05, 3.63) is 53.6 Å². The first-order valence-corrected chi connectivity index (χ1v) is 7.60. The number of oxime groups is 1. The third kappa shape index (κ3) is 6.28. The summed E-state index contributed by atoms with van der Waals surface area (Å²) in [7, 11) is 1.32. The number of hydrogen-bond donors (Lipinski definition) is 1. The number of anilines is 1. The summed E-state index contributed by atoms with van der Waals surface area (Å²) in [6, 6.07) is 12.6. The topological polar surface area (TPSA) is 92.9 Å². The van der Waals surface area contributed by atoms with Crippen molar-refractivity contribution in [2.45, 2.75) is 6.61 Å². The van der Waals surface area contributed by atoms with Crippen LogP contribution >= 0.6 is 0 Å². The summed E-state index contributed by atoms with van der Waals surface area (Å²) in [5.74, 6) is -0.459. The molecule has 0 fully saturated rings. The van der Waals surface area contributed by atoms with Crippen LogP contribution in [0.5, 0.6) is 11.5 Å². The summed E-state index contributed by atoms with van der Waals surface area (Å²) in [4.78, 5) is 16.7. The van der Waals surface area contributed by atoms with Gasteiger partial charge in [-0.1, -0.05) is 11.2 Å². The van der Waals surface area contributed by atoms with E-state index in [1.54, 1.807) is 18.2 Å². The number of carbonyl (C=O) groups excluding carboxylic acids is 1. The number of nitrogens with one attached hydrogen (secondary N) is 1. The number of halogens is 2. The first-order chi connectivity index (χ1) is 13.0. The number of alkyl halides is 2. The standard InChI is InChI=1S/C18H15F2N3O4/c1-25-16-8-13(5-6-15(16)27-18(19)20)10-22-26-11-17(24)23-14-4-2-3-12(7-14)9-21/h2-8,10,18H,11H2,1H3,(H,23,24)/b22-10-. The van der Waals surface area contributed by atoms with Gasteiger partial charge in [-0.15, -0.1) is 0 Å². The summed E-state index contributed by atoms with van der Waals surface area (Å²) in [6.07, 6.45) is 1.29. The van der Waals surface area contributed by atoms with Crippen LogP contribution in [0.2, 0.25) is 0 Å². The van der Waals surface area contributed by atoms with Crippen molar-refractivity contribution < 1.29 is 27.9 Å². The van der Waals surface area contributed by atoms with E-state index in [4.69, 9.17) is 14.8 Å². The fourth-order valence-electron chi connectivity index (χ4n) is 2.02. The second-order valence-corrected chi connectivity index (χ2v) is 5.04. The minimum absolute atomic E-state index is 0.106. The monoisotopic (exact) mass is 375 g/mol. The minimum Gasteiger partial charge on any atom is -0.493 e. The predicted octanol–water partition coefficient (Wildman–Crippen LogP) is 3.16. The Morgan fingerprint density at radius 1 is 1.30 bits per heavy atom. The summed E-state index contributed by atoms with van der Waals surface area (Å²) in [5, 5.41) is 15.0. The third-order valence-corrected chi connectivity index (χ3v) is 3.15. The molecule has 0 aliphatic rings. The highest BCUT2D eigenvalue weighted by Gasteiger charge is 2.10. The molecule has 0 saturated heterocycles. The van der Waals surface area contributed by atoms with E-state index in [-0.39, 0.29) is 18.1 Å². The normalized spacial score (nSPS) is 10.5. The van der Waals surface area contributed by atoms with Crippen molar-refractivity contribution in [2.75, 3.05) is 19.0 Å². The van der Waals surface area contributed by atoms with Gasteiger partial charge in [0.15, 0.2) is 18.1 Å². The lowest BCUT2D eigenvalue weighted by Crippen LogP contribution is -2.17. The van der Waals surface area contributed by atoms with E-state index >= 15 is 0 Å². The van der Waals surface area contributed by atoms with Crippen molar-refractivity contribution in [3.63, 3.8) is 0 Å². The number of amides is 1. The van der Waals surface area contributed by atoms with E-state index in [1.165, 1.54) is 37.6 Å². The SMILES string of the molecule is COc1cc(/C=N\OCC(=O)Nc2cccc(C#N)c2)ccc1OC(F)F. The van der Waals surface area contributed by atoms with Crippen LogP contribution in [0.1, 0.15) is 11.1 Å². The Bertz CT molecular complexity index is 866. The molecule has 0 aromatic heterocycles. The van der Waals surface area contributed by atoms with Gasteiger partial charge >= 0.3 is 6.61 Å². The molecule has 0 heterocycles. The quantitative estimate of drug-likeness (QED) is 0.565. The van der Waals surface area contributed by atoms with E-state index in [0.717, 1.165) is 0 Å². The Morgan fingerprint density at radius 2 is 2.11 bits per heavy atom. The summed E-state index contributed by atoms with van der Waals surface area (Å²) in [6.45, 7) is -3.31. The number of carbonyl (C=O) groups is 1. The fourth-order valence-corrected chi connectivity index (χ4v) is 2.02. The highest BCUT2D eigenvalue weighted by Crippen LogP contribution is 2.28. The highest BCUT2D eigenvalue weighted by molar-refractivity contribution is 5.91. The molecule has 0 aliphatic carbocycles. The molecule has 0 aliphatic heterocycles. The van der Waals surface area contributed by atoms with Gasteiger partial charge in [-0.2, -0.15) is 14.0 Å². The smallest absolute Gasteiger partial charge is 0.387 e. The lowest BCUT2D eigenvalue weighted by atomic mass is 10.2. The van der Waals surface area contributed by atoms with Crippen molar-refractivity contribution in [1.82, 2.24) is 0 Å². The lowest BCUT2D eigenvalue weighted by molar-refractivity contribution is -0.120. The molecular weight excluding hydrogens is 360 g/mol. The molecule has 1 N–H and O–H groups in total. The number of nitriles is 1. The van der Waals surface area contributed by atoms with Crippen LogP contribution in [0.4, 0.5) is 14.5 Å². The van der Waals surface area contributed by atoms with Crippen LogP contribution in [0, 0.1) is 11.3 Å². The van der Waals surface area contributed by atoms with Crippen molar-refractivity contribution >= 4 is 17.8 Å². The maximum atomic E-state index is 12.3. The number of methoxy groups -OCH3 is 1. The number of nitrogens with zero attached hydrogens (tertiary/aromatic N) is 2. The number of benzene rings is 2. The molecule has 2 aromatic carbocycles. The molecule has 9 heteroatoms. The van der Waals surface area contributed by atoms with Gasteiger partial charge in [0.05, 0.1) is 25.0 Å². The molecule has 2 rings (SSSR count). The van der Waals surface area contributed by atoms with Crippen molar-refractivity contribution in [3.8, 4) is 17.6 Å². The molecule has 0 unspecified atom stereocenters. The number of hydrogen-bond acceptors (Lipinski definition) is 6. The lowest BCUT2D eigenvalue weighted by Gasteiger charge is -2.09. The molecule has 0 atom stereocenters. The molecular formula is C18H15F2N3O4. The maximum absolute atomic E-state index is 12.3. The summed E-state index contributed by atoms with van der Waals surface area (Å²) in [5.41, 5.74) is 1.38. The van der Waals surface area contributed by atoms with E-state index in [1.807, 2.05) is 6.07 Å². The molecule has 0 bridgehead atoms. The third-order valence-electron chi connectivity index (χ3n) is 3.15. The Hall–Kier alpha value is -3.67. The van der Waals surface area contributed by atoms with Crippen LogP contribution in [0.25, 0.3) is 0 Å².